The maximum absolute atomic E-state index is 11.1. The molecule has 1 N–H and O–H groups in total. The molecule has 1 aliphatic heterocycles. The second kappa shape index (κ2) is 9.03. The van der Waals surface area contributed by atoms with Crippen LogP contribution in [0.5, 0.6) is 0 Å². The molecule has 6 heteroatoms. The van der Waals surface area contributed by atoms with Gasteiger partial charge < -0.3 is 10.0 Å². The maximum Gasteiger partial charge on any atom is 0.345 e. The van der Waals surface area contributed by atoms with Crippen LogP contribution in [0.1, 0.15) is 20.9 Å². The minimum absolute atomic E-state index is 0.340. The van der Waals surface area contributed by atoms with E-state index in [-0.39, 0.29) is 0 Å². The van der Waals surface area contributed by atoms with Crippen LogP contribution in [0, 0.1) is 0 Å². The van der Waals surface area contributed by atoms with Crippen molar-refractivity contribution >= 4 is 23.4 Å². The molecule has 1 saturated heterocycles. The molecule has 29 heavy (non-hydrogen) atoms. The number of pyridine rings is 1. The lowest BCUT2D eigenvalue weighted by molar-refractivity contribution is 0.0702. The fraction of sp³-hybridized carbons (Fsp3) is 0.217. The number of piperazine rings is 1. The Morgan fingerprint density at radius 2 is 1.79 bits per heavy atom. The summed E-state index contributed by atoms with van der Waals surface area (Å²) < 4.78 is 0. The number of hydrogen-bond donors (Lipinski definition) is 1. The van der Waals surface area contributed by atoms with E-state index < -0.39 is 5.97 Å². The van der Waals surface area contributed by atoms with E-state index >= 15 is 0 Å². The molecule has 3 aromatic rings. The summed E-state index contributed by atoms with van der Waals surface area (Å²) in [6.07, 6.45) is 4.34. The molecule has 0 amide bonds. The number of aromatic nitrogens is 1. The lowest BCUT2D eigenvalue weighted by Crippen LogP contribution is -2.43. The van der Waals surface area contributed by atoms with Crippen molar-refractivity contribution in [3.8, 4) is 10.6 Å². The second-order valence-electron chi connectivity index (χ2n) is 7.02. The number of aromatic carboxylic acids is 1. The fourth-order valence-electron chi connectivity index (χ4n) is 3.35. The highest BCUT2D eigenvalue weighted by Crippen LogP contribution is 2.27. The van der Waals surface area contributed by atoms with Crippen LogP contribution in [0.15, 0.2) is 66.9 Å². The summed E-state index contributed by atoms with van der Waals surface area (Å²) in [6, 6.07) is 19.8. The predicted octanol–water partition coefficient (Wildman–Crippen LogP) is 4.30. The summed E-state index contributed by atoms with van der Waals surface area (Å²) in [4.78, 5) is 21.9. The van der Waals surface area contributed by atoms with E-state index in [1.54, 1.807) is 6.07 Å². The van der Waals surface area contributed by atoms with Crippen molar-refractivity contribution in [3.63, 3.8) is 0 Å². The van der Waals surface area contributed by atoms with Gasteiger partial charge in [-0.1, -0.05) is 36.4 Å². The number of thiophene rings is 1. The molecule has 0 atom stereocenters. The van der Waals surface area contributed by atoms with Crippen LogP contribution in [-0.4, -0.2) is 52.0 Å². The number of carboxylic acids is 1. The highest BCUT2D eigenvalue weighted by Gasteiger charge is 2.16. The van der Waals surface area contributed by atoms with Crippen LogP contribution in [0.25, 0.3) is 16.6 Å². The van der Waals surface area contributed by atoms with Gasteiger partial charge in [0.15, 0.2) is 0 Å². The number of nitrogens with zero attached hydrogens (tertiary/aromatic N) is 3. The van der Waals surface area contributed by atoms with Crippen LogP contribution in [0.4, 0.5) is 0 Å². The van der Waals surface area contributed by atoms with Gasteiger partial charge in [0.2, 0.25) is 0 Å². The van der Waals surface area contributed by atoms with Crippen LogP contribution in [0.2, 0.25) is 0 Å². The molecular weight excluding hydrogens is 382 g/mol. The minimum Gasteiger partial charge on any atom is -0.477 e. The number of carbonyl (C=O) groups is 1. The van der Waals surface area contributed by atoms with Crippen LogP contribution in [0.3, 0.4) is 0 Å². The molecule has 0 saturated carbocycles. The van der Waals surface area contributed by atoms with Gasteiger partial charge in [0, 0.05) is 32.7 Å². The van der Waals surface area contributed by atoms with Crippen molar-refractivity contribution in [3.05, 3.63) is 83.0 Å². The normalized spacial score (nSPS) is 15.1. The Hall–Kier alpha value is -2.96. The van der Waals surface area contributed by atoms with Crippen LogP contribution < -0.4 is 0 Å². The van der Waals surface area contributed by atoms with Gasteiger partial charge in [-0.05, 0) is 42.1 Å². The number of hydrogen-bond acceptors (Lipinski definition) is 5. The lowest BCUT2D eigenvalue weighted by atomic mass is 10.2. The van der Waals surface area contributed by atoms with Crippen molar-refractivity contribution in [2.45, 2.75) is 6.54 Å². The molecule has 5 nitrogen and oxygen atoms in total. The summed E-state index contributed by atoms with van der Waals surface area (Å²) >= 11 is 1.26. The Balaban J connectivity index is 1.33. The summed E-state index contributed by atoms with van der Waals surface area (Å²) in [7, 11) is 0. The van der Waals surface area contributed by atoms with Gasteiger partial charge in [-0.15, -0.1) is 11.3 Å². The average molecular weight is 406 g/mol. The summed E-state index contributed by atoms with van der Waals surface area (Å²) in [5.74, 6) is -0.892. The average Bonchev–Trinajstić information content (AvgIpc) is 3.25. The Labute approximate surface area is 174 Å². The number of benzene rings is 1. The number of carboxylic acid groups (broad SMARTS) is 1. The van der Waals surface area contributed by atoms with E-state index in [0.29, 0.717) is 4.88 Å². The van der Waals surface area contributed by atoms with E-state index in [4.69, 9.17) is 10.1 Å². The smallest absolute Gasteiger partial charge is 0.345 e. The topological polar surface area (TPSA) is 56.7 Å². The molecule has 2 aromatic heterocycles. The van der Waals surface area contributed by atoms with Crippen LogP contribution >= 0.6 is 11.3 Å². The van der Waals surface area contributed by atoms with E-state index in [1.165, 1.54) is 16.9 Å². The van der Waals surface area contributed by atoms with E-state index in [2.05, 4.69) is 46.3 Å². The summed E-state index contributed by atoms with van der Waals surface area (Å²) in [5.41, 5.74) is 3.07. The molecule has 3 heterocycles. The minimum atomic E-state index is -0.892. The zero-order chi connectivity index (χ0) is 20.1. The molecule has 1 aromatic carbocycles. The van der Waals surface area contributed by atoms with Crippen molar-refractivity contribution in [2.24, 2.45) is 0 Å². The molecule has 0 aliphatic carbocycles. The van der Waals surface area contributed by atoms with Gasteiger partial charge in [-0.3, -0.25) is 9.88 Å². The first-order valence-corrected chi connectivity index (χ1v) is 10.5. The Morgan fingerprint density at radius 3 is 2.52 bits per heavy atom. The van der Waals surface area contributed by atoms with E-state index in [9.17, 15) is 4.79 Å². The van der Waals surface area contributed by atoms with Gasteiger partial charge in [-0.2, -0.15) is 0 Å². The standard InChI is InChI=1S/C23H23N3O2S/c27-23(28)22-10-9-21(29-22)20-8-4-7-19(24-20)17-26-15-13-25(14-16-26)12-11-18-5-2-1-3-6-18/h1-12H,13-17H2,(H,27,28). The third-order valence-corrected chi connectivity index (χ3v) is 6.04. The van der Waals surface area contributed by atoms with Gasteiger partial charge in [-0.25, -0.2) is 4.79 Å². The van der Waals surface area contributed by atoms with Crippen molar-refractivity contribution in [1.29, 1.82) is 0 Å². The Morgan fingerprint density at radius 1 is 1.00 bits per heavy atom. The first-order chi connectivity index (χ1) is 14.2. The first-order valence-electron chi connectivity index (χ1n) is 9.66. The monoisotopic (exact) mass is 405 g/mol. The molecule has 1 fully saturated rings. The SMILES string of the molecule is O=C(O)c1ccc(-c2cccc(CN3CCN(C=Cc4ccccc4)CC3)n2)s1. The highest BCUT2D eigenvalue weighted by molar-refractivity contribution is 7.17. The van der Waals surface area contributed by atoms with E-state index in [0.717, 1.165) is 49.0 Å². The zero-order valence-corrected chi connectivity index (χ0v) is 16.9. The predicted molar refractivity (Wildman–Crippen MR) is 117 cm³/mol. The molecule has 0 unspecified atom stereocenters. The zero-order valence-electron chi connectivity index (χ0n) is 16.1. The van der Waals surface area contributed by atoms with Gasteiger partial charge in [0.1, 0.15) is 4.88 Å². The number of rotatable bonds is 6. The third kappa shape index (κ3) is 5.10. The molecule has 1 aliphatic rings. The Bertz CT molecular complexity index is 992. The van der Waals surface area contributed by atoms with E-state index in [1.807, 2.05) is 30.3 Å². The molecule has 4 rings (SSSR count). The molecule has 0 bridgehead atoms. The largest absolute Gasteiger partial charge is 0.477 e. The van der Waals surface area contributed by atoms with Crippen LogP contribution in [-0.2, 0) is 6.54 Å². The van der Waals surface area contributed by atoms with Gasteiger partial charge in [0.25, 0.3) is 0 Å². The third-order valence-electron chi connectivity index (χ3n) is 4.95. The fourth-order valence-corrected chi connectivity index (χ4v) is 4.17. The second-order valence-corrected chi connectivity index (χ2v) is 8.11. The summed E-state index contributed by atoms with van der Waals surface area (Å²) in [5, 5.41) is 9.11. The molecular formula is C23H23N3O2S. The first kappa shape index (κ1) is 19.4. The van der Waals surface area contributed by atoms with Gasteiger partial charge in [0.05, 0.1) is 16.3 Å². The Kier molecular flexibility index (Phi) is 6.03. The van der Waals surface area contributed by atoms with Crippen molar-refractivity contribution < 1.29 is 9.90 Å². The van der Waals surface area contributed by atoms with Gasteiger partial charge >= 0.3 is 5.97 Å². The van der Waals surface area contributed by atoms with Crippen molar-refractivity contribution in [2.75, 3.05) is 26.2 Å². The highest BCUT2D eigenvalue weighted by atomic mass is 32.1. The molecule has 0 spiro atoms. The van der Waals surface area contributed by atoms with Crippen molar-refractivity contribution in [1.82, 2.24) is 14.8 Å². The molecule has 0 radical (unpaired) electrons. The lowest BCUT2D eigenvalue weighted by Gasteiger charge is -2.33. The quantitative estimate of drug-likeness (QED) is 0.663. The maximum atomic E-state index is 11.1. The molecule has 148 valence electrons. The summed E-state index contributed by atoms with van der Waals surface area (Å²) in [6.45, 7) is 4.79.